The van der Waals surface area contributed by atoms with E-state index in [-0.39, 0.29) is 6.10 Å². The fourth-order valence-corrected chi connectivity index (χ4v) is 1.06. The third kappa shape index (κ3) is 2.04. The van der Waals surface area contributed by atoms with Gasteiger partial charge >= 0.3 is 0 Å². The number of rotatable bonds is 3. The van der Waals surface area contributed by atoms with Gasteiger partial charge in [0.1, 0.15) is 11.6 Å². The van der Waals surface area contributed by atoms with Crippen LogP contribution in [0.3, 0.4) is 0 Å². The first-order valence-corrected chi connectivity index (χ1v) is 4.19. The summed E-state index contributed by atoms with van der Waals surface area (Å²) in [7, 11) is 0. The Morgan fingerprint density at radius 3 is 2.58 bits per heavy atom. The molecular formula is C8H15N3O. The van der Waals surface area contributed by atoms with Crippen molar-refractivity contribution in [1.29, 1.82) is 0 Å². The van der Waals surface area contributed by atoms with Crippen LogP contribution in [0.5, 0.6) is 0 Å². The average Bonchev–Trinajstić information content (AvgIpc) is 2.30. The molecule has 0 fully saturated rings. The first-order valence-electron chi connectivity index (χ1n) is 4.19. The normalized spacial score (nSPS) is 13.3. The van der Waals surface area contributed by atoms with Crippen molar-refractivity contribution in [3.05, 3.63) is 11.6 Å². The molecule has 1 aromatic rings. The zero-order chi connectivity index (χ0) is 9.14. The Kier molecular flexibility index (Phi) is 2.81. The molecule has 1 heterocycles. The van der Waals surface area contributed by atoms with E-state index in [1.165, 1.54) is 0 Å². The predicted molar refractivity (Wildman–Crippen MR) is 45.8 cm³/mol. The monoisotopic (exact) mass is 169 g/mol. The van der Waals surface area contributed by atoms with E-state index in [0.717, 1.165) is 18.1 Å². The molecule has 0 aromatic carbocycles. The predicted octanol–water partition coefficient (Wildman–Crippen LogP) is 0.666. The zero-order valence-corrected chi connectivity index (χ0v) is 7.78. The smallest absolute Gasteiger partial charge is 0.147 e. The molecule has 0 saturated carbocycles. The minimum absolute atomic E-state index is 0.315. The number of aliphatic hydroxyl groups is 1. The summed E-state index contributed by atoms with van der Waals surface area (Å²) in [6.07, 6.45) is 0.433. The van der Waals surface area contributed by atoms with Crippen LogP contribution in [0.4, 0.5) is 0 Å². The number of hydrogen-bond donors (Lipinski definition) is 1. The maximum atomic E-state index is 9.36. The largest absolute Gasteiger partial charge is 0.391 e. The molecule has 1 aromatic heterocycles. The summed E-state index contributed by atoms with van der Waals surface area (Å²) in [5, 5.41) is 13.5. The molecule has 0 radical (unpaired) electrons. The number of aromatic nitrogens is 3. The van der Waals surface area contributed by atoms with Crippen molar-refractivity contribution < 1.29 is 5.11 Å². The fraction of sp³-hybridized carbons (Fsp3) is 0.750. The Labute approximate surface area is 72.2 Å². The molecule has 0 unspecified atom stereocenters. The van der Waals surface area contributed by atoms with E-state index in [2.05, 4.69) is 10.1 Å². The van der Waals surface area contributed by atoms with Crippen molar-refractivity contribution in [3.8, 4) is 0 Å². The van der Waals surface area contributed by atoms with Gasteiger partial charge in [-0.3, -0.25) is 0 Å². The lowest BCUT2D eigenvalue weighted by Crippen LogP contribution is -2.16. The van der Waals surface area contributed by atoms with E-state index >= 15 is 0 Å². The molecule has 0 amide bonds. The second-order valence-electron chi connectivity index (χ2n) is 2.95. The van der Waals surface area contributed by atoms with Crippen LogP contribution in [0, 0.1) is 13.8 Å². The summed E-state index contributed by atoms with van der Waals surface area (Å²) in [6, 6.07) is 0. The average molecular weight is 169 g/mol. The van der Waals surface area contributed by atoms with Gasteiger partial charge < -0.3 is 5.11 Å². The standard InChI is InChI=1S/C8H15N3O/c1-4-8(12)5-11-7(3)9-6(2)10-11/h8,12H,4-5H2,1-3H3/t8-/m1/s1. The highest BCUT2D eigenvalue weighted by Gasteiger charge is 2.06. The first kappa shape index (κ1) is 9.19. The van der Waals surface area contributed by atoms with Crippen LogP contribution >= 0.6 is 0 Å². The van der Waals surface area contributed by atoms with Gasteiger partial charge in [-0.05, 0) is 20.3 Å². The Morgan fingerprint density at radius 2 is 2.17 bits per heavy atom. The lowest BCUT2D eigenvalue weighted by molar-refractivity contribution is 0.144. The van der Waals surface area contributed by atoms with Crippen molar-refractivity contribution in [2.24, 2.45) is 0 Å². The molecule has 1 N–H and O–H groups in total. The summed E-state index contributed by atoms with van der Waals surface area (Å²) >= 11 is 0. The Hall–Kier alpha value is -0.900. The highest BCUT2D eigenvalue weighted by Crippen LogP contribution is 1.99. The van der Waals surface area contributed by atoms with E-state index < -0.39 is 0 Å². The minimum atomic E-state index is -0.315. The van der Waals surface area contributed by atoms with E-state index in [4.69, 9.17) is 0 Å². The Bertz CT molecular complexity index is 257. The van der Waals surface area contributed by atoms with Crippen LogP contribution in [-0.2, 0) is 6.54 Å². The van der Waals surface area contributed by atoms with Crippen molar-refractivity contribution in [2.75, 3.05) is 0 Å². The van der Waals surface area contributed by atoms with Crippen LogP contribution in [-0.4, -0.2) is 26.0 Å². The molecule has 12 heavy (non-hydrogen) atoms. The molecule has 0 saturated heterocycles. The fourth-order valence-electron chi connectivity index (χ4n) is 1.06. The van der Waals surface area contributed by atoms with Gasteiger partial charge in [-0.1, -0.05) is 6.92 Å². The summed E-state index contributed by atoms with van der Waals surface area (Å²) < 4.78 is 1.74. The molecule has 1 rings (SSSR count). The Morgan fingerprint density at radius 1 is 1.50 bits per heavy atom. The van der Waals surface area contributed by atoms with Crippen LogP contribution in [0.1, 0.15) is 25.0 Å². The molecule has 0 aliphatic rings. The van der Waals surface area contributed by atoms with Crippen molar-refractivity contribution in [2.45, 2.75) is 39.8 Å². The number of aliphatic hydroxyl groups excluding tert-OH is 1. The van der Waals surface area contributed by atoms with Gasteiger partial charge in [-0.2, -0.15) is 5.10 Å². The van der Waals surface area contributed by atoms with Crippen molar-refractivity contribution in [1.82, 2.24) is 14.8 Å². The number of hydrogen-bond acceptors (Lipinski definition) is 3. The molecule has 1 atom stereocenters. The van der Waals surface area contributed by atoms with Gasteiger partial charge in [0.15, 0.2) is 0 Å². The van der Waals surface area contributed by atoms with Gasteiger partial charge in [0.05, 0.1) is 12.6 Å². The van der Waals surface area contributed by atoms with Gasteiger partial charge in [0, 0.05) is 0 Å². The lowest BCUT2D eigenvalue weighted by Gasteiger charge is -2.07. The molecule has 0 aliphatic carbocycles. The highest BCUT2D eigenvalue weighted by molar-refractivity contribution is 4.87. The summed E-state index contributed by atoms with van der Waals surface area (Å²) in [4.78, 5) is 4.14. The van der Waals surface area contributed by atoms with E-state index in [9.17, 15) is 5.11 Å². The molecule has 68 valence electrons. The van der Waals surface area contributed by atoms with Crippen LogP contribution in [0.2, 0.25) is 0 Å². The minimum Gasteiger partial charge on any atom is -0.391 e. The summed E-state index contributed by atoms with van der Waals surface area (Å²) in [6.45, 7) is 6.23. The third-order valence-corrected chi connectivity index (χ3v) is 1.82. The maximum Gasteiger partial charge on any atom is 0.147 e. The number of aryl methyl sites for hydroxylation is 2. The van der Waals surface area contributed by atoms with Crippen molar-refractivity contribution >= 4 is 0 Å². The van der Waals surface area contributed by atoms with E-state index in [0.29, 0.717) is 6.54 Å². The quantitative estimate of drug-likeness (QED) is 0.723. The van der Waals surface area contributed by atoms with Crippen molar-refractivity contribution in [3.63, 3.8) is 0 Å². The van der Waals surface area contributed by atoms with Crippen LogP contribution in [0.25, 0.3) is 0 Å². The summed E-state index contributed by atoms with van der Waals surface area (Å²) in [5.74, 6) is 1.62. The SMILES string of the molecule is CC[C@@H](O)Cn1nc(C)nc1C. The first-order chi connectivity index (χ1) is 5.63. The molecule has 0 bridgehead atoms. The van der Waals surface area contributed by atoms with Crippen LogP contribution in [0.15, 0.2) is 0 Å². The highest BCUT2D eigenvalue weighted by atomic mass is 16.3. The second-order valence-corrected chi connectivity index (χ2v) is 2.95. The zero-order valence-electron chi connectivity index (χ0n) is 7.78. The summed E-state index contributed by atoms with van der Waals surface area (Å²) in [5.41, 5.74) is 0. The second kappa shape index (κ2) is 3.67. The van der Waals surface area contributed by atoms with Crippen LogP contribution < -0.4 is 0 Å². The van der Waals surface area contributed by atoms with Gasteiger partial charge in [-0.15, -0.1) is 0 Å². The van der Waals surface area contributed by atoms with E-state index in [1.807, 2.05) is 20.8 Å². The lowest BCUT2D eigenvalue weighted by atomic mass is 10.3. The molecule has 0 spiro atoms. The van der Waals surface area contributed by atoms with E-state index in [1.54, 1.807) is 4.68 Å². The van der Waals surface area contributed by atoms with Gasteiger partial charge in [0.2, 0.25) is 0 Å². The number of nitrogens with zero attached hydrogens (tertiary/aromatic N) is 3. The topological polar surface area (TPSA) is 50.9 Å². The maximum absolute atomic E-state index is 9.36. The van der Waals surface area contributed by atoms with Gasteiger partial charge in [0.25, 0.3) is 0 Å². The molecule has 4 nitrogen and oxygen atoms in total. The molecule has 4 heteroatoms. The van der Waals surface area contributed by atoms with Gasteiger partial charge in [-0.25, -0.2) is 9.67 Å². The third-order valence-electron chi connectivity index (χ3n) is 1.82. The Balaban J connectivity index is 2.68. The molecular weight excluding hydrogens is 154 g/mol. The molecule has 0 aliphatic heterocycles.